The maximum atomic E-state index is 12.5. The number of nitrogens with zero attached hydrogens (tertiary/aromatic N) is 4. The first-order valence-corrected chi connectivity index (χ1v) is 9.26. The maximum Gasteiger partial charge on any atom is 0.279 e. The second-order valence-corrected chi connectivity index (χ2v) is 7.10. The summed E-state index contributed by atoms with van der Waals surface area (Å²) in [4.78, 5) is 21.7. The first-order valence-electron chi connectivity index (χ1n) is 8.44. The Bertz CT molecular complexity index is 1170. The fourth-order valence-electron chi connectivity index (χ4n) is 2.72. The number of ether oxygens (including phenoxy) is 1. The van der Waals surface area contributed by atoms with Crippen molar-refractivity contribution >= 4 is 27.5 Å². The highest BCUT2D eigenvalue weighted by atomic mass is 32.1. The van der Waals surface area contributed by atoms with Gasteiger partial charge in [0.25, 0.3) is 5.91 Å². The van der Waals surface area contributed by atoms with Crippen molar-refractivity contribution < 1.29 is 9.53 Å². The van der Waals surface area contributed by atoms with Gasteiger partial charge >= 0.3 is 0 Å². The van der Waals surface area contributed by atoms with E-state index in [9.17, 15) is 4.79 Å². The molecule has 6 nitrogen and oxygen atoms in total. The van der Waals surface area contributed by atoms with Gasteiger partial charge in [-0.15, -0.1) is 0 Å². The molecule has 0 radical (unpaired) electrons. The van der Waals surface area contributed by atoms with E-state index < -0.39 is 0 Å². The molecule has 27 heavy (non-hydrogen) atoms. The van der Waals surface area contributed by atoms with E-state index in [-0.39, 0.29) is 5.91 Å². The number of carbonyl (C=O) groups excluding carboxylic acids is 1. The first kappa shape index (κ1) is 17.2. The molecule has 7 heteroatoms. The molecule has 0 fully saturated rings. The maximum absolute atomic E-state index is 12.5. The lowest BCUT2D eigenvalue weighted by Crippen LogP contribution is -2.13. The molecule has 0 bridgehead atoms. The zero-order chi connectivity index (χ0) is 18.8. The molecule has 0 aliphatic rings. The number of hydrogen-bond acceptors (Lipinski definition) is 4. The average molecular weight is 378 g/mol. The summed E-state index contributed by atoms with van der Waals surface area (Å²) < 4.78 is 10.7. The van der Waals surface area contributed by atoms with Crippen molar-refractivity contribution in [3.05, 3.63) is 77.1 Å². The van der Waals surface area contributed by atoms with Crippen molar-refractivity contribution in [2.45, 2.75) is 6.61 Å². The van der Waals surface area contributed by atoms with Crippen LogP contribution in [-0.4, -0.2) is 20.0 Å². The lowest BCUT2D eigenvalue weighted by molar-refractivity contribution is 0.0998. The smallest absolute Gasteiger partial charge is 0.279 e. The summed E-state index contributed by atoms with van der Waals surface area (Å²) in [5.41, 5.74) is 1.59. The van der Waals surface area contributed by atoms with Gasteiger partial charge in [-0.1, -0.05) is 23.5 Å². The second kappa shape index (κ2) is 7.20. The molecule has 2 heterocycles. The van der Waals surface area contributed by atoms with Crippen molar-refractivity contribution in [2.24, 2.45) is 19.1 Å². The molecule has 0 unspecified atom stereocenters. The van der Waals surface area contributed by atoms with Gasteiger partial charge in [-0.05, 0) is 36.4 Å². The summed E-state index contributed by atoms with van der Waals surface area (Å²) in [6.07, 6.45) is 3.60. The van der Waals surface area contributed by atoms with Crippen molar-refractivity contribution in [3.63, 3.8) is 0 Å². The van der Waals surface area contributed by atoms with Crippen LogP contribution in [0.15, 0.2) is 65.9 Å². The Morgan fingerprint density at radius 1 is 1.15 bits per heavy atom. The van der Waals surface area contributed by atoms with Crippen molar-refractivity contribution in [1.82, 2.24) is 14.1 Å². The van der Waals surface area contributed by atoms with Gasteiger partial charge in [0, 0.05) is 32.1 Å². The lowest BCUT2D eigenvalue weighted by Gasteiger charge is -2.06. The van der Waals surface area contributed by atoms with Crippen LogP contribution in [0.25, 0.3) is 10.2 Å². The Labute approximate surface area is 160 Å². The number of aryl methyl sites for hydroxylation is 2. The lowest BCUT2D eigenvalue weighted by atomic mass is 10.2. The third-order valence-electron chi connectivity index (χ3n) is 4.30. The average Bonchev–Trinajstić information content (AvgIpc) is 3.24. The number of aromatic nitrogens is 3. The van der Waals surface area contributed by atoms with E-state index in [0.717, 1.165) is 16.0 Å². The molecule has 0 aliphatic heterocycles. The minimum atomic E-state index is -0.271. The van der Waals surface area contributed by atoms with E-state index in [4.69, 9.17) is 4.74 Å². The van der Waals surface area contributed by atoms with Crippen molar-refractivity contribution in [2.75, 3.05) is 0 Å². The van der Waals surface area contributed by atoms with Gasteiger partial charge in [0.1, 0.15) is 18.2 Å². The minimum absolute atomic E-state index is 0.271. The molecule has 1 amide bonds. The fourth-order valence-corrected chi connectivity index (χ4v) is 3.73. The number of benzene rings is 2. The van der Waals surface area contributed by atoms with Crippen LogP contribution in [0.2, 0.25) is 0 Å². The van der Waals surface area contributed by atoms with Gasteiger partial charge in [0.05, 0.1) is 10.2 Å². The molecule has 0 atom stereocenters. The number of hydrogen-bond donors (Lipinski definition) is 0. The van der Waals surface area contributed by atoms with E-state index in [1.807, 2.05) is 53.7 Å². The second-order valence-electron chi connectivity index (χ2n) is 6.10. The predicted molar refractivity (Wildman–Crippen MR) is 105 cm³/mol. The molecule has 4 aromatic rings. The Morgan fingerprint density at radius 2 is 1.93 bits per heavy atom. The largest absolute Gasteiger partial charge is 0.486 e. The highest BCUT2D eigenvalue weighted by molar-refractivity contribution is 7.16. The first-order chi connectivity index (χ1) is 13.1. The van der Waals surface area contributed by atoms with Gasteiger partial charge in [-0.2, -0.15) is 4.99 Å². The van der Waals surface area contributed by atoms with Gasteiger partial charge in [0.15, 0.2) is 4.80 Å². The van der Waals surface area contributed by atoms with E-state index >= 15 is 0 Å². The van der Waals surface area contributed by atoms with E-state index in [0.29, 0.717) is 22.7 Å². The zero-order valence-electron chi connectivity index (χ0n) is 15.0. The fraction of sp³-hybridized carbons (Fsp3) is 0.150. The van der Waals surface area contributed by atoms with Crippen LogP contribution in [0.4, 0.5) is 0 Å². The van der Waals surface area contributed by atoms with E-state index in [1.165, 1.54) is 11.3 Å². The number of rotatable bonds is 4. The summed E-state index contributed by atoms with van der Waals surface area (Å²) in [6.45, 7) is 0.374. The molecule has 136 valence electrons. The van der Waals surface area contributed by atoms with Gasteiger partial charge < -0.3 is 13.9 Å². The third-order valence-corrected chi connectivity index (χ3v) is 5.42. The molecule has 0 saturated carbocycles. The van der Waals surface area contributed by atoms with Crippen LogP contribution >= 0.6 is 11.3 Å². The van der Waals surface area contributed by atoms with Crippen LogP contribution in [0.5, 0.6) is 5.75 Å². The molecule has 0 saturated heterocycles. The number of amides is 1. The molecular formula is C20H18N4O2S. The Kier molecular flexibility index (Phi) is 4.60. The summed E-state index contributed by atoms with van der Waals surface area (Å²) in [7, 11) is 3.84. The molecule has 4 rings (SSSR count). The standard InChI is InChI=1S/C20H18N4O2S/c1-23-12-11-21-18(23)13-26-15-9-7-14(8-10-15)19(25)22-20-24(2)16-5-3-4-6-17(16)27-20/h3-12H,13H2,1-2H3. The van der Waals surface area contributed by atoms with Crippen molar-refractivity contribution in [3.8, 4) is 5.75 Å². The minimum Gasteiger partial charge on any atom is -0.486 e. The van der Waals surface area contributed by atoms with E-state index in [1.54, 1.807) is 30.5 Å². The quantitative estimate of drug-likeness (QED) is 0.547. The molecule has 2 aromatic carbocycles. The summed E-state index contributed by atoms with van der Waals surface area (Å²) >= 11 is 1.50. The molecule has 0 N–H and O–H groups in total. The number of imidazole rings is 1. The van der Waals surface area contributed by atoms with Gasteiger partial charge in [-0.3, -0.25) is 4.79 Å². The monoisotopic (exact) mass is 378 g/mol. The molecule has 0 aliphatic carbocycles. The van der Waals surface area contributed by atoms with Crippen LogP contribution in [-0.2, 0) is 20.7 Å². The Morgan fingerprint density at radius 3 is 2.63 bits per heavy atom. The Balaban J connectivity index is 1.52. The molecular weight excluding hydrogens is 360 g/mol. The number of thiazole rings is 1. The number of para-hydroxylation sites is 1. The van der Waals surface area contributed by atoms with Crippen molar-refractivity contribution in [1.29, 1.82) is 0 Å². The summed E-state index contributed by atoms with van der Waals surface area (Å²) in [6, 6.07) is 15.0. The van der Waals surface area contributed by atoms with Crippen LogP contribution < -0.4 is 9.54 Å². The normalized spacial score (nSPS) is 11.9. The summed E-state index contributed by atoms with van der Waals surface area (Å²) in [5, 5.41) is 0. The third kappa shape index (κ3) is 3.54. The molecule has 0 spiro atoms. The van der Waals surface area contributed by atoms with Gasteiger partial charge in [-0.25, -0.2) is 4.98 Å². The number of carbonyl (C=O) groups is 1. The predicted octanol–water partition coefficient (Wildman–Crippen LogP) is 3.29. The zero-order valence-corrected chi connectivity index (χ0v) is 15.8. The SMILES string of the molecule is Cn1ccnc1COc1ccc(C(=O)N=c2sc3ccccc3n2C)cc1. The highest BCUT2D eigenvalue weighted by Gasteiger charge is 2.08. The summed E-state index contributed by atoms with van der Waals surface area (Å²) in [5.74, 6) is 1.25. The Hall–Kier alpha value is -3.19. The number of fused-ring (bicyclic) bond motifs is 1. The van der Waals surface area contributed by atoms with Crippen LogP contribution in [0, 0.1) is 0 Å². The van der Waals surface area contributed by atoms with Gasteiger partial charge in [0.2, 0.25) is 0 Å². The van der Waals surface area contributed by atoms with Crippen LogP contribution in [0.1, 0.15) is 16.2 Å². The highest BCUT2D eigenvalue weighted by Crippen LogP contribution is 2.17. The van der Waals surface area contributed by atoms with E-state index in [2.05, 4.69) is 9.98 Å². The van der Waals surface area contributed by atoms with Crippen LogP contribution in [0.3, 0.4) is 0 Å². The topological polar surface area (TPSA) is 61.4 Å². The molecule has 2 aromatic heterocycles.